The van der Waals surface area contributed by atoms with Crippen LogP contribution < -0.4 is 0 Å². The third-order valence-corrected chi connectivity index (χ3v) is 5.09. The Kier molecular flexibility index (Phi) is 4.45. The zero-order chi connectivity index (χ0) is 11.5. The average Bonchev–Trinajstić information content (AvgIpc) is 2.27. The lowest BCUT2D eigenvalue weighted by atomic mass is 9.99. The van der Waals surface area contributed by atoms with Gasteiger partial charge < -0.3 is 0 Å². The molecule has 1 aliphatic rings. The van der Waals surface area contributed by atoms with Crippen LogP contribution in [0, 0.1) is 5.92 Å². The Morgan fingerprint density at radius 2 is 2.00 bits per heavy atom. The Labute approximate surface area is 114 Å². The predicted molar refractivity (Wildman–Crippen MR) is 75.9 cm³/mol. The second-order valence-electron chi connectivity index (χ2n) is 4.64. The van der Waals surface area contributed by atoms with Crippen LogP contribution in [0.2, 0.25) is 0 Å². The molecule has 0 amide bonds. The van der Waals surface area contributed by atoms with Crippen molar-refractivity contribution in [2.24, 2.45) is 5.92 Å². The normalized spacial score (nSPS) is 26.9. The van der Waals surface area contributed by atoms with Gasteiger partial charge in [-0.15, -0.1) is 0 Å². The Hall–Kier alpha value is 0.140. The summed E-state index contributed by atoms with van der Waals surface area (Å²) in [5.41, 5.74) is 1.41. The summed E-state index contributed by atoms with van der Waals surface area (Å²) in [4.78, 5) is 3.25. The molecule has 1 nitrogen and oxygen atoms in total. The highest BCUT2D eigenvalue weighted by atomic mass is 79.9. The molecule has 1 heterocycles. The molecule has 0 aromatic heterocycles. The number of hydrogen-bond donors (Lipinski definition) is 0. The fourth-order valence-electron chi connectivity index (χ4n) is 2.19. The summed E-state index contributed by atoms with van der Waals surface area (Å²) in [7, 11) is 0. The van der Waals surface area contributed by atoms with Crippen molar-refractivity contribution >= 4 is 31.9 Å². The van der Waals surface area contributed by atoms with Crippen molar-refractivity contribution < 1.29 is 0 Å². The van der Waals surface area contributed by atoms with Crippen molar-refractivity contribution in [3.05, 3.63) is 34.3 Å². The molecular weight excluding hydrogens is 330 g/mol. The number of nitrogens with zero attached hydrogens (tertiary/aromatic N) is 1. The van der Waals surface area contributed by atoms with Gasteiger partial charge in [0.1, 0.15) is 0 Å². The quantitative estimate of drug-likeness (QED) is 0.730. The fourth-order valence-corrected chi connectivity index (χ4v) is 2.83. The molecule has 1 saturated heterocycles. The average molecular weight is 347 g/mol. The van der Waals surface area contributed by atoms with Crippen LogP contribution in [0.3, 0.4) is 0 Å². The zero-order valence-electron chi connectivity index (χ0n) is 9.50. The highest BCUT2D eigenvalue weighted by molar-refractivity contribution is 9.10. The maximum absolute atomic E-state index is 3.74. The molecule has 3 heteroatoms. The maximum Gasteiger partial charge on any atom is 0.0233 e. The molecule has 0 spiro atoms. The van der Waals surface area contributed by atoms with E-state index in [1.165, 1.54) is 25.1 Å². The van der Waals surface area contributed by atoms with E-state index in [-0.39, 0.29) is 0 Å². The van der Waals surface area contributed by atoms with E-state index in [0.29, 0.717) is 4.83 Å². The number of rotatable bonds is 2. The van der Waals surface area contributed by atoms with E-state index < -0.39 is 0 Å². The molecule has 1 aromatic carbocycles. The standard InChI is InChI=1S/C13H17Br2N/c1-10-8-16(7-6-13(10)15)9-11-2-4-12(14)5-3-11/h2-5,10,13H,6-9H2,1H3. The molecule has 2 rings (SSSR count). The van der Waals surface area contributed by atoms with Crippen LogP contribution in [0.25, 0.3) is 0 Å². The number of benzene rings is 1. The van der Waals surface area contributed by atoms with Gasteiger partial charge in [-0.25, -0.2) is 0 Å². The summed E-state index contributed by atoms with van der Waals surface area (Å²) in [6.07, 6.45) is 1.26. The van der Waals surface area contributed by atoms with Crippen LogP contribution in [0.4, 0.5) is 0 Å². The number of alkyl halides is 1. The van der Waals surface area contributed by atoms with Crippen molar-refractivity contribution in [2.45, 2.75) is 24.7 Å². The summed E-state index contributed by atoms with van der Waals surface area (Å²) in [5, 5.41) is 0. The van der Waals surface area contributed by atoms with Gasteiger partial charge in [0.15, 0.2) is 0 Å². The van der Waals surface area contributed by atoms with Crippen molar-refractivity contribution in [3.8, 4) is 0 Å². The smallest absolute Gasteiger partial charge is 0.0233 e. The first-order valence-corrected chi connectivity index (χ1v) is 7.47. The van der Waals surface area contributed by atoms with Crippen molar-refractivity contribution in [1.82, 2.24) is 4.90 Å². The van der Waals surface area contributed by atoms with Crippen molar-refractivity contribution in [2.75, 3.05) is 13.1 Å². The summed E-state index contributed by atoms with van der Waals surface area (Å²) in [5.74, 6) is 0.754. The molecule has 1 fully saturated rings. The van der Waals surface area contributed by atoms with Crippen LogP contribution in [-0.2, 0) is 6.54 Å². The minimum Gasteiger partial charge on any atom is -0.299 e. The first kappa shape index (κ1) is 12.6. The SMILES string of the molecule is CC1CN(Cc2ccc(Br)cc2)CCC1Br. The van der Waals surface area contributed by atoms with E-state index in [2.05, 4.69) is 67.9 Å². The van der Waals surface area contributed by atoms with Crippen molar-refractivity contribution in [1.29, 1.82) is 0 Å². The van der Waals surface area contributed by atoms with Gasteiger partial charge in [-0.2, -0.15) is 0 Å². The van der Waals surface area contributed by atoms with Gasteiger partial charge >= 0.3 is 0 Å². The van der Waals surface area contributed by atoms with Gasteiger partial charge in [0.05, 0.1) is 0 Å². The highest BCUT2D eigenvalue weighted by Gasteiger charge is 2.23. The second-order valence-corrected chi connectivity index (χ2v) is 6.74. The molecule has 1 aromatic rings. The van der Waals surface area contributed by atoms with Crippen molar-refractivity contribution in [3.63, 3.8) is 0 Å². The number of likely N-dealkylation sites (tertiary alicyclic amines) is 1. The summed E-state index contributed by atoms with van der Waals surface area (Å²) < 4.78 is 1.16. The summed E-state index contributed by atoms with van der Waals surface area (Å²) in [6.45, 7) is 5.81. The molecule has 0 aliphatic carbocycles. The number of piperidine rings is 1. The third kappa shape index (κ3) is 3.31. The second kappa shape index (κ2) is 5.65. The minimum absolute atomic E-state index is 0.702. The molecule has 0 N–H and O–H groups in total. The van der Waals surface area contributed by atoms with E-state index >= 15 is 0 Å². The summed E-state index contributed by atoms with van der Waals surface area (Å²) >= 11 is 7.21. The highest BCUT2D eigenvalue weighted by Crippen LogP contribution is 2.24. The van der Waals surface area contributed by atoms with Gasteiger partial charge in [-0.05, 0) is 36.6 Å². The van der Waals surface area contributed by atoms with Crippen LogP contribution in [0.1, 0.15) is 18.9 Å². The number of halogens is 2. The molecule has 2 atom stereocenters. The first-order chi connectivity index (χ1) is 7.65. The minimum atomic E-state index is 0.702. The molecular formula is C13H17Br2N. The first-order valence-electron chi connectivity index (χ1n) is 5.76. The fraction of sp³-hybridized carbons (Fsp3) is 0.538. The Balaban J connectivity index is 1.93. The molecule has 0 radical (unpaired) electrons. The Morgan fingerprint density at radius 3 is 2.62 bits per heavy atom. The third-order valence-electron chi connectivity index (χ3n) is 3.20. The Bertz CT molecular complexity index is 336. The van der Waals surface area contributed by atoms with Gasteiger partial charge in [0, 0.05) is 22.4 Å². The molecule has 2 unspecified atom stereocenters. The van der Waals surface area contributed by atoms with E-state index in [0.717, 1.165) is 16.9 Å². The monoisotopic (exact) mass is 345 g/mol. The van der Waals surface area contributed by atoms with Gasteiger partial charge in [0.2, 0.25) is 0 Å². The van der Waals surface area contributed by atoms with Gasteiger partial charge in [-0.1, -0.05) is 50.9 Å². The van der Waals surface area contributed by atoms with E-state index in [1.54, 1.807) is 0 Å². The molecule has 16 heavy (non-hydrogen) atoms. The lowest BCUT2D eigenvalue weighted by Crippen LogP contribution is -2.39. The zero-order valence-corrected chi connectivity index (χ0v) is 12.7. The molecule has 0 saturated carbocycles. The van der Waals surface area contributed by atoms with Gasteiger partial charge in [0.25, 0.3) is 0 Å². The van der Waals surface area contributed by atoms with Crippen LogP contribution in [-0.4, -0.2) is 22.8 Å². The summed E-state index contributed by atoms with van der Waals surface area (Å²) in [6, 6.07) is 8.65. The predicted octanol–water partition coefficient (Wildman–Crippen LogP) is 4.05. The van der Waals surface area contributed by atoms with E-state index in [9.17, 15) is 0 Å². The largest absolute Gasteiger partial charge is 0.299 e. The Morgan fingerprint density at radius 1 is 1.31 bits per heavy atom. The number of hydrogen-bond acceptors (Lipinski definition) is 1. The molecule has 1 aliphatic heterocycles. The van der Waals surface area contributed by atoms with Gasteiger partial charge in [-0.3, -0.25) is 4.90 Å². The van der Waals surface area contributed by atoms with E-state index in [4.69, 9.17) is 0 Å². The lowest BCUT2D eigenvalue weighted by Gasteiger charge is -2.34. The van der Waals surface area contributed by atoms with Crippen LogP contribution in [0.15, 0.2) is 28.7 Å². The molecule has 88 valence electrons. The topological polar surface area (TPSA) is 3.24 Å². The van der Waals surface area contributed by atoms with E-state index in [1.807, 2.05) is 0 Å². The molecule has 0 bridgehead atoms. The van der Waals surface area contributed by atoms with Crippen LogP contribution in [0.5, 0.6) is 0 Å². The van der Waals surface area contributed by atoms with Crippen LogP contribution >= 0.6 is 31.9 Å². The lowest BCUT2D eigenvalue weighted by molar-refractivity contribution is 0.183. The maximum atomic E-state index is 3.74.